The average molecular weight is 516 g/mol. The number of halogens is 2. The number of anilines is 2. The van der Waals surface area contributed by atoms with Crippen molar-refractivity contribution in [3.63, 3.8) is 0 Å². The zero-order valence-corrected chi connectivity index (χ0v) is 20.7. The van der Waals surface area contributed by atoms with Crippen LogP contribution in [-0.4, -0.2) is 65.5 Å². The molecule has 2 saturated heterocycles. The van der Waals surface area contributed by atoms with Gasteiger partial charge in [0.2, 0.25) is 5.95 Å². The molecule has 2 aromatic heterocycles. The van der Waals surface area contributed by atoms with E-state index in [1.807, 2.05) is 11.8 Å². The maximum Gasteiger partial charge on any atom is 0.324 e. The first-order valence-electron chi connectivity index (χ1n) is 12.6. The number of hydrogen-bond acceptors (Lipinski definition) is 10. The van der Waals surface area contributed by atoms with E-state index in [1.54, 1.807) is 12.4 Å². The molecule has 12 heteroatoms. The van der Waals surface area contributed by atoms with Gasteiger partial charge in [0.25, 0.3) is 0 Å². The zero-order valence-electron chi connectivity index (χ0n) is 20.7. The second kappa shape index (κ2) is 11.3. The summed E-state index contributed by atoms with van der Waals surface area (Å²) >= 11 is 0. The second-order valence-corrected chi connectivity index (χ2v) is 9.43. The summed E-state index contributed by atoms with van der Waals surface area (Å²) in [6.07, 6.45) is 5.15. The van der Waals surface area contributed by atoms with Crippen molar-refractivity contribution >= 4 is 12.0 Å². The van der Waals surface area contributed by atoms with Crippen LogP contribution in [0.4, 0.5) is 20.7 Å². The fourth-order valence-electron chi connectivity index (χ4n) is 4.80. The summed E-state index contributed by atoms with van der Waals surface area (Å²) in [7, 11) is 0. The van der Waals surface area contributed by atoms with Crippen LogP contribution >= 0.6 is 0 Å². The van der Waals surface area contributed by atoms with Crippen LogP contribution in [0.3, 0.4) is 0 Å². The summed E-state index contributed by atoms with van der Waals surface area (Å²) in [4.78, 5) is 17.2. The van der Waals surface area contributed by atoms with Gasteiger partial charge in [0.15, 0.2) is 11.6 Å². The van der Waals surface area contributed by atoms with Crippen LogP contribution in [-0.2, 0) is 11.3 Å². The minimum absolute atomic E-state index is 0.283. The summed E-state index contributed by atoms with van der Waals surface area (Å²) in [5.74, 6) is 0.732. The van der Waals surface area contributed by atoms with Gasteiger partial charge in [-0.05, 0) is 49.4 Å². The van der Waals surface area contributed by atoms with Gasteiger partial charge in [-0.15, -0.1) is 0 Å². The molecule has 2 N–H and O–H groups in total. The minimum Gasteiger partial charge on any atom is -0.490 e. The van der Waals surface area contributed by atoms with E-state index in [4.69, 9.17) is 19.7 Å². The normalized spacial score (nSPS) is 20.5. The van der Waals surface area contributed by atoms with Crippen LogP contribution in [0, 0.1) is 17.6 Å². The molecule has 3 aromatic rings. The number of rotatable bonds is 9. The van der Waals surface area contributed by atoms with Gasteiger partial charge in [-0.2, -0.15) is 4.98 Å². The van der Waals surface area contributed by atoms with E-state index < -0.39 is 11.6 Å². The van der Waals surface area contributed by atoms with Crippen molar-refractivity contribution in [1.29, 1.82) is 0 Å². The molecule has 2 aliphatic heterocycles. The fraction of sp³-hybridized carbons (Fsp3) is 0.520. The Hall–Kier alpha value is -3.38. The number of benzene rings is 1. The maximum atomic E-state index is 14.3. The molecular formula is C25H31F2N7O3. The Morgan fingerprint density at radius 2 is 1.89 bits per heavy atom. The van der Waals surface area contributed by atoms with Gasteiger partial charge >= 0.3 is 6.01 Å². The van der Waals surface area contributed by atoms with Gasteiger partial charge < -0.3 is 29.5 Å². The van der Waals surface area contributed by atoms with Gasteiger partial charge in [0, 0.05) is 44.7 Å². The lowest BCUT2D eigenvalue weighted by Crippen LogP contribution is -2.35. The topological polar surface area (TPSA) is 116 Å². The molecule has 2 aliphatic rings. The summed E-state index contributed by atoms with van der Waals surface area (Å²) in [6, 6.07) is 3.63. The van der Waals surface area contributed by atoms with Crippen LogP contribution in [0.25, 0.3) is 0 Å². The lowest BCUT2D eigenvalue weighted by molar-refractivity contribution is 0.126. The quantitative estimate of drug-likeness (QED) is 0.456. The standard InChI is InChI=1S/C25H31F2N7O3/c1-2-35-15-23-31-25(37-32-23)33-7-5-16(6-8-33)14-36-18-10-29-24(30-11-18)34-12-20(22(28)13-34)19-9-17(26)3-4-21(19)27/h3-4,9-11,16,20,22H,2,5-8,12-15,28H2,1H3. The van der Waals surface area contributed by atoms with Crippen molar-refractivity contribution in [1.82, 2.24) is 20.1 Å². The molecule has 0 amide bonds. The van der Waals surface area contributed by atoms with Crippen molar-refractivity contribution in [2.75, 3.05) is 49.2 Å². The molecule has 0 radical (unpaired) electrons. The Bertz CT molecular complexity index is 1170. The molecule has 2 fully saturated rings. The molecule has 0 spiro atoms. The third-order valence-corrected chi connectivity index (χ3v) is 6.88. The average Bonchev–Trinajstić information content (AvgIpc) is 3.55. The summed E-state index contributed by atoms with van der Waals surface area (Å²) < 4.78 is 44.5. The van der Waals surface area contributed by atoms with Crippen LogP contribution in [0.15, 0.2) is 35.1 Å². The minimum atomic E-state index is -0.480. The molecule has 0 bridgehead atoms. The second-order valence-electron chi connectivity index (χ2n) is 9.43. The van der Waals surface area contributed by atoms with Crippen molar-refractivity contribution < 1.29 is 22.8 Å². The van der Waals surface area contributed by atoms with E-state index in [-0.39, 0.29) is 17.5 Å². The van der Waals surface area contributed by atoms with E-state index >= 15 is 0 Å². The Morgan fingerprint density at radius 3 is 2.65 bits per heavy atom. The van der Waals surface area contributed by atoms with Crippen molar-refractivity contribution in [2.24, 2.45) is 11.7 Å². The first-order valence-corrected chi connectivity index (χ1v) is 12.6. The SMILES string of the molecule is CCOCc1noc(N2CCC(COc3cnc(N4CC(N)C(c5cc(F)ccc5F)C4)nc3)CC2)n1. The fourth-order valence-corrected chi connectivity index (χ4v) is 4.80. The summed E-state index contributed by atoms with van der Waals surface area (Å²) in [5.41, 5.74) is 6.54. The number of hydrogen-bond donors (Lipinski definition) is 1. The third kappa shape index (κ3) is 5.96. The molecule has 0 saturated carbocycles. The van der Waals surface area contributed by atoms with E-state index in [1.165, 1.54) is 6.07 Å². The van der Waals surface area contributed by atoms with Crippen molar-refractivity contribution in [3.05, 3.63) is 53.6 Å². The van der Waals surface area contributed by atoms with Crippen LogP contribution < -0.4 is 20.3 Å². The first-order chi connectivity index (χ1) is 18.0. The molecule has 4 heterocycles. The molecule has 37 heavy (non-hydrogen) atoms. The third-order valence-electron chi connectivity index (χ3n) is 6.88. The van der Waals surface area contributed by atoms with Crippen LogP contribution in [0.1, 0.15) is 37.1 Å². The highest BCUT2D eigenvalue weighted by molar-refractivity contribution is 5.39. The highest BCUT2D eigenvalue weighted by atomic mass is 19.1. The molecular weight excluding hydrogens is 484 g/mol. The Morgan fingerprint density at radius 1 is 1.11 bits per heavy atom. The predicted octanol–water partition coefficient (Wildman–Crippen LogP) is 2.90. The van der Waals surface area contributed by atoms with Crippen molar-refractivity contribution in [2.45, 2.75) is 38.3 Å². The van der Waals surface area contributed by atoms with Gasteiger partial charge in [0.1, 0.15) is 18.2 Å². The van der Waals surface area contributed by atoms with E-state index in [0.29, 0.717) is 62.4 Å². The number of nitrogens with two attached hydrogens (primary N) is 1. The number of aromatic nitrogens is 4. The number of piperidine rings is 1. The van der Waals surface area contributed by atoms with E-state index in [2.05, 4.69) is 25.0 Å². The highest BCUT2D eigenvalue weighted by Crippen LogP contribution is 2.31. The van der Waals surface area contributed by atoms with Crippen LogP contribution in [0.2, 0.25) is 0 Å². The lowest BCUT2D eigenvalue weighted by Gasteiger charge is -2.30. The highest BCUT2D eigenvalue weighted by Gasteiger charge is 2.34. The van der Waals surface area contributed by atoms with E-state index in [0.717, 1.165) is 38.1 Å². The molecule has 0 aliphatic carbocycles. The van der Waals surface area contributed by atoms with Gasteiger partial charge in [0.05, 0.1) is 19.0 Å². The Balaban J connectivity index is 1.09. The molecule has 1 aromatic carbocycles. The van der Waals surface area contributed by atoms with Gasteiger partial charge in [-0.1, -0.05) is 5.16 Å². The largest absolute Gasteiger partial charge is 0.490 e. The molecule has 2 unspecified atom stereocenters. The monoisotopic (exact) mass is 515 g/mol. The Kier molecular flexibility index (Phi) is 7.75. The maximum absolute atomic E-state index is 14.3. The molecule has 10 nitrogen and oxygen atoms in total. The summed E-state index contributed by atoms with van der Waals surface area (Å²) in [6.45, 7) is 5.91. The number of nitrogens with zero attached hydrogens (tertiary/aromatic N) is 6. The molecule has 198 valence electrons. The lowest BCUT2D eigenvalue weighted by atomic mass is 9.94. The Labute approximate surface area is 213 Å². The van der Waals surface area contributed by atoms with Gasteiger partial charge in [-0.25, -0.2) is 18.7 Å². The number of ether oxygens (including phenoxy) is 2. The smallest absolute Gasteiger partial charge is 0.324 e. The van der Waals surface area contributed by atoms with Crippen LogP contribution in [0.5, 0.6) is 5.75 Å². The first kappa shape index (κ1) is 25.3. The van der Waals surface area contributed by atoms with Crippen molar-refractivity contribution in [3.8, 4) is 5.75 Å². The van der Waals surface area contributed by atoms with E-state index in [9.17, 15) is 8.78 Å². The van der Waals surface area contributed by atoms with Gasteiger partial charge in [-0.3, -0.25) is 0 Å². The molecule has 2 atom stereocenters. The molecule has 5 rings (SSSR count). The summed E-state index contributed by atoms with van der Waals surface area (Å²) in [5, 5.41) is 3.96. The predicted molar refractivity (Wildman–Crippen MR) is 131 cm³/mol. The zero-order chi connectivity index (χ0) is 25.8.